The number of piperazine rings is 1. The van der Waals surface area contributed by atoms with Crippen molar-refractivity contribution in [2.75, 3.05) is 38.2 Å². The van der Waals surface area contributed by atoms with Crippen LogP contribution in [0, 0.1) is 6.92 Å². The van der Waals surface area contributed by atoms with Crippen LogP contribution in [0.2, 0.25) is 0 Å². The van der Waals surface area contributed by atoms with Gasteiger partial charge in [-0.2, -0.15) is 0 Å². The van der Waals surface area contributed by atoms with Gasteiger partial charge in [0.15, 0.2) is 0 Å². The molecule has 32 heavy (non-hydrogen) atoms. The van der Waals surface area contributed by atoms with Crippen LogP contribution in [-0.2, 0) is 0 Å². The predicted molar refractivity (Wildman–Crippen MR) is 127 cm³/mol. The molecule has 0 aliphatic carbocycles. The number of hydrogen-bond acceptors (Lipinski definition) is 4. The highest BCUT2D eigenvalue weighted by Gasteiger charge is 2.25. The molecular formula is C26H26N4O2. The van der Waals surface area contributed by atoms with Crippen LogP contribution in [-0.4, -0.2) is 53.6 Å². The highest BCUT2D eigenvalue weighted by atomic mass is 16.5. The van der Waals surface area contributed by atoms with Gasteiger partial charge in [0.1, 0.15) is 11.6 Å². The minimum atomic E-state index is 0.0710. The van der Waals surface area contributed by atoms with E-state index in [0.29, 0.717) is 13.1 Å². The Balaban J connectivity index is 1.33. The van der Waals surface area contributed by atoms with Gasteiger partial charge in [-0.05, 0) is 43.3 Å². The van der Waals surface area contributed by atoms with E-state index >= 15 is 0 Å². The molecule has 1 aliphatic rings. The van der Waals surface area contributed by atoms with Crippen molar-refractivity contribution in [2.45, 2.75) is 6.92 Å². The summed E-state index contributed by atoms with van der Waals surface area (Å²) in [5.41, 5.74) is 3.65. The maximum absolute atomic E-state index is 13.3. The monoisotopic (exact) mass is 426 g/mol. The van der Waals surface area contributed by atoms with Gasteiger partial charge in [0.05, 0.1) is 23.9 Å². The number of rotatable bonds is 4. The lowest BCUT2D eigenvalue weighted by molar-refractivity contribution is 0.0746. The number of hydrogen-bond donors (Lipinski definition) is 0. The molecular weight excluding hydrogens is 400 g/mol. The summed E-state index contributed by atoms with van der Waals surface area (Å²) in [6.45, 7) is 4.89. The lowest BCUT2D eigenvalue weighted by atomic mass is 10.2. The number of para-hydroxylation sites is 3. The molecule has 0 spiro atoms. The normalized spacial score (nSPS) is 14.1. The number of ether oxygens (including phenoxy) is 1. The molecule has 0 saturated carbocycles. The quantitative estimate of drug-likeness (QED) is 0.488. The van der Waals surface area contributed by atoms with E-state index in [0.717, 1.165) is 52.5 Å². The SMILES string of the molecule is COc1ccccc1N1CCN(C(=O)c2ccn(-c3ccc4ccccc4n3)c2C)CC1. The molecule has 0 atom stereocenters. The molecule has 1 amide bonds. The second-order valence-corrected chi connectivity index (χ2v) is 8.00. The Morgan fingerprint density at radius 2 is 1.66 bits per heavy atom. The second-order valence-electron chi connectivity index (χ2n) is 8.00. The number of amides is 1. The van der Waals surface area contributed by atoms with E-state index in [1.165, 1.54) is 0 Å². The number of anilines is 1. The summed E-state index contributed by atoms with van der Waals surface area (Å²) in [6.07, 6.45) is 1.94. The molecule has 4 aromatic rings. The van der Waals surface area contributed by atoms with E-state index in [4.69, 9.17) is 9.72 Å². The third-order valence-electron chi connectivity index (χ3n) is 6.20. The van der Waals surface area contributed by atoms with E-state index in [1.54, 1.807) is 7.11 Å². The zero-order valence-corrected chi connectivity index (χ0v) is 18.4. The summed E-state index contributed by atoms with van der Waals surface area (Å²) in [5, 5.41) is 1.10. The van der Waals surface area contributed by atoms with Gasteiger partial charge in [-0.3, -0.25) is 4.79 Å². The van der Waals surface area contributed by atoms with Crippen molar-refractivity contribution in [2.24, 2.45) is 0 Å². The molecule has 1 saturated heterocycles. The van der Waals surface area contributed by atoms with Crippen molar-refractivity contribution in [3.05, 3.63) is 84.2 Å². The van der Waals surface area contributed by atoms with Crippen LogP contribution in [0.4, 0.5) is 5.69 Å². The number of methoxy groups -OCH3 is 1. The molecule has 3 heterocycles. The molecule has 162 valence electrons. The Hall–Kier alpha value is -3.80. The highest BCUT2D eigenvalue weighted by molar-refractivity contribution is 5.96. The fourth-order valence-corrected chi connectivity index (χ4v) is 4.39. The Morgan fingerprint density at radius 3 is 2.47 bits per heavy atom. The number of aromatic nitrogens is 2. The van der Waals surface area contributed by atoms with Gasteiger partial charge in [-0.15, -0.1) is 0 Å². The van der Waals surface area contributed by atoms with Crippen LogP contribution in [0.3, 0.4) is 0 Å². The molecule has 0 radical (unpaired) electrons. The first-order chi connectivity index (χ1) is 15.7. The van der Waals surface area contributed by atoms with Crippen LogP contribution in [0.1, 0.15) is 16.1 Å². The summed E-state index contributed by atoms with van der Waals surface area (Å²) < 4.78 is 7.49. The Labute approximate surface area is 187 Å². The first-order valence-corrected chi connectivity index (χ1v) is 10.9. The maximum atomic E-state index is 13.3. The summed E-state index contributed by atoms with van der Waals surface area (Å²) in [4.78, 5) is 22.3. The molecule has 5 rings (SSSR count). The van der Waals surface area contributed by atoms with Crippen LogP contribution >= 0.6 is 0 Å². The number of carbonyl (C=O) groups is 1. The largest absolute Gasteiger partial charge is 0.495 e. The predicted octanol–water partition coefficient (Wildman–Crippen LogP) is 4.30. The zero-order chi connectivity index (χ0) is 22.1. The number of carbonyl (C=O) groups excluding carboxylic acids is 1. The number of benzene rings is 2. The minimum absolute atomic E-state index is 0.0710. The van der Waals surface area contributed by atoms with Gasteiger partial charge in [-0.25, -0.2) is 4.98 Å². The summed E-state index contributed by atoms with van der Waals surface area (Å²) >= 11 is 0. The lowest BCUT2D eigenvalue weighted by Gasteiger charge is -2.36. The van der Waals surface area contributed by atoms with Crippen LogP contribution in [0.25, 0.3) is 16.7 Å². The summed E-state index contributed by atoms with van der Waals surface area (Å²) in [5.74, 6) is 1.76. The lowest BCUT2D eigenvalue weighted by Crippen LogP contribution is -2.49. The molecule has 6 heteroatoms. The molecule has 0 bridgehead atoms. The average molecular weight is 427 g/mol. The van der Waals surface area contributed by atoms with Crippen molar-refractivity contribution in [1.29, 1.82) is 0 Å². The van der Waals surface area contributed by atoms with Crippen molar-refractivity contribution in [3.8, 4) is 11.6 Å². The first kappa shape index (κ1) is 20.1. The van der Waals surface area contributed by atoms with Gasteiger partial charge in [0.2, 0.25) is 0 Å². The molecule has 2 aromatic carbocycles. The van der Waals surface area contributed by atoms with Crippen LogP contribution < -0.4 is 9.64 Å². The second kappa shape index (κ2) is 8.38. The Morgan fingerprint density at radius 1 is 0.906 bits per heavy atom. The highest BCUT2D eigenvalue weighted by Crippen LogP contribution is 2.29. The van der Waals surface area contributed by atoms with Crippen LogP contribution in [0.5, 0.6) is 5.75 Å². The smallest absolute Gasteiger partial charge is 0.255 e. The van der Waals surface area contributed by atoms with E-state index in [2.05, 4.69) is 17.0 Å². The van der Waals surface area contributed by atoms with Gasteiger partial charge >= 0.3 is 0 Å². The molecule has 1 aliphatic heterocycles. The van der Waals surface area contributed by atoms with Crippen molar-refractivity contribution in [3.63, 3.8) is 0 Å². The summed E-state index contributed by atoms with van der Waals surface area (Å²) in [6, 6.07) is 22.0. The minimum Gasteiger partial charge on any atom is -0.495 e. The third kappa shape index (κ3) is 3.58. The fraction of sp³-hybridized carbons (Fsp3) is 0.231. The fourth-order valence-electron chi connectivity index (χ4n) is 4.39. The first-order valence-electron chi connectivity index (χ1n) is 10.9. The average Bonchev–Trinajstić information content (AvgIpc) is 3.24. The third-order valence-corrected chi connectivity index (χ3v) is 6.20. The van der Waals surface area contributed by atoms with Gasteiger partial charge in [-0.1, -0.05) is 30.3 Å². The molecule has 6 nitrogen and oxygen atoms in total. The van der Waals surface area contributed by atoms with E-state index in [-0.39, 0.29) is 5.91 Å². The number of pyridine rings is 1. The van der Waals surface area contributed by atoms with E-state index in [9.17, 15) is 4.79 Å². The van der Waals surface area contributed by atoms with Crippen molar-refractivity contribution < 1.29 is 9.53 Å². The maximum Gasteiger partial charge on any atom is 0.255 e. The van der Waals surface area contributed by atoms with Crippen molar-refractivity contribution in [1.82, 2.24) is 14.5 Å². The topological polar surface area (TPSA) is 50.6 Å². The number of nitrogens with zero attached hydrogens (tertiary/aromatic N) is 4. The van der Waals surface area contributed by atoms with Gasteiger partial charge < -0.3 is 19.1 Å². The van der Waals surface area contributed by atoms with E-state index in [1.807, 2.05) is 77.2 Å². The van der Waals surface area contributed by atoms with E-state index < -0.39 is 0 Å². The summed E-state index contributed by atoms with van der Waals surface area (Å²) in [7, 11) is 1.69. The molecule has 0 N–H and O–H groups in total. The van der Waals surface area contributed by atoms with Gasteiger partial charge in [0, 0.05) is 43.5 Å². The van der Waals surface area contributed by atoms with Crippen LogP contribution in [0.15, 0.2) is 72.9 Å². The Kier molecular flexibility index (Phi) is 5.27. The molecule has 1 fully saturated rings. The van der Waals surface area contributed by atoms with Gasteiger partial charge in [0.25, 0.3) is 5.91 Å². The zero-order valence-electron chi connectivity index (χ0n) is 18.4. The number of fused-ring (bicyclic) bond motifs is 1. The Bertz CT molecular complexity index is 1270. The molecule has 2 aromatic heterocycles. The standard InChI is InChI=1S/C26H26N4O2/c1-19-21(13-14-30(19)25-12-11-20-7-3-4-8-22(20)27-25)26(31)29-17-15-28(16-18-29)23-9-5-6-10-24(23)32-2/h3-14H,15-18H2,1-2H3. The van der Waals surface area contributed by atoms with Crippen molar-refractivity contribution >= 4 is 22.5 Å². The molecule has 0 unspecified atom stereocenters.